The van der Waals surface area contributed by atoms with Crippen LogP contribution in [-0.4, -0.2) is 28.6 Å². The van der Waals surface area contributed by atoms with Crippen LogP contribution in [0, 0.1) is 5.92 Å². The fourth-order valence-electron chi connectivity index (χ4n) is 2.49. The van der Waals surface area contributed by atoms with Gasteiger partial charge in [-0.3, -0.25) is 0 Å². The number of hydrogen-bond acceptors (Lipinski definition) is 1. The molecular weight excluding hydrogens is 341 g/mol. The number of nitrogens with zero attached hydrogens (tertiary/aromatic N) is 3. The zero-order valence-corrected chi connectivity index (χ0v) is 13.3. The largest absolute Gasteiger partial charge is 1.00 e. The summed E-state index contributed by atoms with van der Waals surface area (Å²) >= 11 is 0. The van der Waals surface area contributed by atoms with Crippen molar-refractivity contribution in [2.24, 2.45) is 13.0 Å². The van der Waals surface area contributed by atoms with E-state index >= 15 is 0 Å². The molecule has 1 fully saturated rings. The number of halogens is 1. The summed E-state index contributed by atoms with van der Waals surface area (Å²) in [5.74, 6) is 0.800. The fourth-order valence-corrected chi connectivity index (χ4v) is 2.49. The van der Waals surface area contributed by atoms with Gasteiger partial charge in [0.2, 0.25) is 0 Å². The molecule has 1 amide bonds. The van der Waals surface area contributed by atoms with Crippen LogP contribution in [0.4, 0.5) is 4.79 Å². The van der Waals surface area contributed by atoms with E-state index in [1.165, 1.54) is 12.8 Å². The third-order valence-electron chi connectivity index (χ3n) is 3.69. The minimum absolute atomic E-state index is 0. The van der Waals surface area contributed by atoms with Crippen LogP contribution in [0.2, 0.25) is 0 Å². The maximum absolute atomic E-state index is 12.2. The minimum atomic E-state index is 0. The maximum Gasteiger partial charge on any atom is 0.415 e. The average Bonchev–Trinajstić information content (AvgIpc) is 2.64. The molecule has 1 unspecified atom stereocenters. The number of likely N-dealkylation sites (tertiary alicyclic amines) is 1. The van der Waals surface area contributed by atoms with E-state index in [0.29, 0.717) is 0 Å². The summed E-state index contributed by atoms with van der Waals surface area (Å²) in [4.78, 5) is 14.2. The number of amides is 1. The summed E-state index contributed by atoms with van der Waals surface area (Å²) in [5, 5.41) is 0. The Kier molecular flexibility index (Phi) is 6.11. The second-order valence-corrected chi connectivity index (χ2v) is 4.96. The van der Waals surface area contributed by atoms with Crippen molar-refractivity contribution in [2.75, 3.05) is 13.1 Å². The highest BCUT2D eigenvalue weighted by molar-refractivity contribution is 5.76. The Morgan fingerprint density at radius 2 is 2.17 bits per heavy atom. The molecule has 18 heavy (non-hydrogen) atoms. The summed E-state index contributed by atoms with van der Waals surface area (Å²) in [7, 11) is 1.93. The molecule has 0 saturated carbocycles. The molecule has 1 atom stereocenters. The first kappa shape index (κ1) is 15.5. The average molecular weight is 363 g/mol. The van der Waals surface area contributed by atoms with E-state index in [0.717, 1.165) is 31.8 Å². The number of imidazole rings is 1. The lowest BCUT2D eigenvalue weighted by atomic mass is 9.98. The number of aromatic nitrogens is 2. The number of aryl methyl sites for hydroxylation is 1. The smallest absolute Gasteiger partial charge is 0.415 e. The van der Waals surface area contributed by atoms with Gasteiger partial charge in [-0.25, -0.2) is 9.36 Å². The van der Waals surface area contributed by atoms with E-state index < -0.39 is 0 Å². The highest BCUT2D eigenvalue weighted by Crippen LogP contribution is 2.20. The van der Waals surface area contributed by atoms with Gasteiger partial charge in [-0.15, -0.1) is 0 Å². The van der Waals surface area contributed by atoms with Crippen LogP contribution in [-0.2, 0) is 7.05 Å². The van der Waals surface area contributed by atoms with Crippen molar-refractivity contribution in [1.29, 1.82) is 0 Å². The number of rotatable bonds is 1. The van der Waals surface area contributed by atoms with Crippen molar-refractivity contribution in [1.82, 2.24) is 9.47 Å². The molecule has 0 bridgehead atoms. The minimum Gasteiger partial charge on any atom is -1.00 e. The quantitative estimate of drug-likeness (QED) is 0.455. The lowest BCUT2D eigenvalue weighted by molar-refractivity contribution is -0.670. The van der Waals surface area contributed by atoms with Gasteiger partial charge >= 0.3 is 6.03 Å². The van der Waals surface area contributed by atoms with Gasteiger partial charge in [0.15, 0.2) is 0 Å². The third kappa shape index (κ3) is 3.70. The van der Waals surface area contributed by atoms with Gasteiger partial charge in [0.05, 0.1) is 7.05 Å². The van der Waals surface area contributed by atoms with Crippen LogP contribution in [0.5, 0.6) is 0 Å². The Hall–Kier alpha value is -0.590. The Balaban J connectivity index is 0.00000162. The van der Waals surface area contributed by atoms with Crippen LogP contribution >= 0.6 is 0 Å². The lowest BCUT2D eigenvalue weighted by Gasteiger charge is -2.17. The second-order valence-electron chi connectivity index (χ2n) is 4.96. The van der Waals surface area contributed by atoms with Crippen LogP contribution in [0.1, 0.15) is 32.6 Å². The summed E-state index contributed by atoms with van der Waals surface area (Å²) < 4.78 is 3.57. The molecule has 0 spiro atoms. The molecule has 5 heteroatoms. The first-order valence-electron chi connectivity index (χ1n) is 6.53. The second kappa shape index (κ2) is 7.11. The number of carbonyl (C=O) groups is 1. The fraction of sp³-hybridized carbons (Fsp3) is 0.692. The monoisotopic (exact) mass is 363 g/mol. The van der Waals surface area contributed by atoms with Crippen molar-refractivity contribution in [3.63, 3.8) is 0 Å². The zero-order chi connectivity index (χ0) is 12.3. The van der Waals surface area contributed by atoms with Crippen molar-refractivity contribution in [2.45, 2.75) is 32.6 Å². The van der Waals surface area contributed by atoms with E-state index in [-0.39, 0.29) is 30.0 Å². The Morgan fingerprint density at radius 1 is 1.39 bits per heavy atom. The van der Waals surface area contributed by atoms with Crippen LogP contribution in [0.3, 0.4) is 0 Å². The predicted molar refractivity (Wildman–Crippen MR) is 65.6 cm³/mol. The standard InChI is InChI=1S/C13H22N3O.HI/c1-3-12-5-4-7-15(8-6-12)13(17)16-10-9-14(2)11-16;/h9-12H,3-8H2,1-2H3;1H/q+1;/p-1. The normalized spacial score (nSPS) is 20.1. The molecule has 1 aliphatic heterocycles. The van der Waals surface area contributed by atoms with Crippen LogP contribution in [0.15, 0.2) is 18.7 Å². The first-order valence-corrected chi connectivity index (χ1v) is 6.53. The van der Waals surface area contributed by atoms with Crippen LogP contribution < -0.4 is 28.5 Å². The molecule has 0 aliphatic carbocycles. The van der Waals surface area contributed by atoms with Gasteiger partial charge < -0.3 is 28.9 Å². The Morgan fingerprint density at radius 3 is 2.78 bits per heavy atom. The first-order chi connectivity index (χ1) is 8.20. The summed E-state index contributed by atoms with van der Waals surface area (Å²) in [6, 6.07) is 0.113. The summed E-state index contributed by atoms with van der Waals surface area (Å²) in [6.45, 7) is 4.05. The van der Waals surface area contributed by atoms with E-state index in [2.05, 4.69) is 6.92 Å². The summed E-state index contributed by atoms with van der Waals surface area (Å²) in [5.41, 5.74) is 0. The van der Waals surface area contributed by atoms with E-state index in [1.807, 2.05) is 35.2 Å². The molecule has 102 valence electrons. The predicted octanol–water partition coefficient (Wildman–Crippen LogP) is -1.20. The van der Waals surface area contributed by atoms with Crippen molar-refractivity contribution >= 4 is 6.03 Å². The lowest BCUT2D eigenvalue weighted by Crippen LogP contribution is -3.00. The van der Waals surface area contributed by atoms with Gasteiger partial charge in [0.25, 0.3) is 6.33 Å². The topological polar surface area (TPSA) is 29.1 Å². The van der Waals surface area contributed by atoms with Crippen molar-refractivity contribution in [3.8, 4) is 0 Å². The maximum atomic E-state index is 12.2. The molecule has 2 rings (SSSR count). The molecule has 1 aliphatic rings. The SMILES string of the molecule is CCC1CCCN(C(=O)n2cc[n+](C)c2)CC1.[I-]. The Bertz CT molecular complexity index is 391. The molecule has 1 saturated heterocycles. The van der Waals surface area contributed by atoms with Gasteiger partial charge in [-0.2, -0.15) is 4.57 Å². The molecule has 2 heterocycles. The van der Waals surface area contributed by atoms with Gasteiger partial charge in [0, 0.05) is 13.1 Å². The molecule has 1 aromatic heterocycles. The van der Waals surface area contributed by atoms with E-state index in [4.69, 9.17) is 0 Å². The van der Waals surface area contributed by atoms with Gasteiger partial charge in [-0.1, -0.05) is 13.3 Å². The van der Waals surface area contributed by atoms with Gasteiger partial charge in [-0.05, 0) is 25.2 Å². The van der Waals surface area contributed by atoms with E-state index in [9.17, 15) is 4.79 Å². The molecule has 0 N–H and O–H groups in total. The highest BCUT2D eigenvalue weighted by Gasteiger charge is 2.23. The third-order valence-corrected chi connectivity index (χ3v) is 3.69. The van der Waals surface area contributed by atoms with E-state index in [1.54, 1.807) is 4.57 Å². The molecule has 0 radical (unpaired) electrons. The van der Waals surface area contributed by atoms with Crippen molar-refractivity contribution < 1.29 is 33.3 Å². The number of carbonyl (C=O) groups excluding carboxylic acids is 1. The van der Waals surface area contributed by atoms with Gasteiger partial charge in [0.1, 0.15) is 12.4 Å². The number of hydrogen-bond donors (Lipinski definition) is 0. The van der Waals surface area contributed by atoms with Crippen molar-refractivity contribution in [3.05, 3.63) is 18.7 Å². The zero-order valence-electron chi connectivity index (χ0n) is 11.2. The van der Waals surface area contributed by atoms with Crippen LogP contribution in [0.25, 0.3) is 0 Å². The Labute approximate surface area is 126 Å². The summed E-state index contributed by atoms with van der Waals surface area (Å²) in [6.07, 6.45) is 10.3. The highest BCUT2D eigenvalue weighted by atomic mass is 127. The molecule has 1 aromatic rings. The molecule has 4 nitrogen and oxygen atoms in total. The molecular formula is C13H22IN3O. The molecule has 0 aromatic carbocycles.